The molecule has 1 aromatic carbocycles. The quantitative estimate of drug-likeness (QED) is 0.715. The van der Waals surface area contributed by atoms with Gasteiger partial charge in [-0.2, -0.15) is 0 Å². The molecule has 2 rings (SSSR count). The number of urea groups is 1. The van der Waals surface area contributed by atoms with Crippen LogP contribution in [0.4, 0.5) is 20.6 Å². The number of halogens is 1. The normalized spacial score (nSPS) is 12.5. The van der Waals surface area contributed by atoms with Crippen LogP contribution in [0.15, 0.2) is 24.5 Å². The van der Waals surface area contributed by atoms with Crippen LogP contribution in [0, 0.1) is 5.82 Å². The second-order valence-corrected chi connectivity index (χ2v) is 7.11. The van der Waals surface area contributed by atoms with Crippen LogP contribution >= 0.6 is 0 Å². The highest BCUT2D eigenvalue weighted by Crippen LogP contribution is 2.20. The third-order valence-electron chi connectivity index (χ3n) is 3.24. The van der Waals surface area contributed by atoms with Crippen LogP contribution in [0.5, 0.6) is 0 Å². The number of nitrogens with one attached hydrogen (secondary N) is 3. The zero-order valence-corrected chi connectivity index (χ0v) is 14.8. The van der Waals surface area contributed by atoms with Gasteiger partial charge in [0.15, 0.2) is 5.82 Å². The van der Waals surface area contributed by atoms with Crippen molar-refractivity contribution in [2.75, 3.05) is 16.3 Å². The van der Waals surface area contributed by atoms with E-state index in [0.717, 1.165) is 12.3 Å². The van der Waals surface area contributed by atoms with Crippen LogP contribution in [-0.4, -0.2) is 35.5 Å². The molecule has 0 radical (unpaired) electrons. The maximum atomic E-state index is 13.8. The zero-order chi connectivity index (χ0) is 18.6. The van der Waals surface area contributed by atoms with E-state index in [1.165, 1.54) is 12.1 Å². The van der Waals surface area contributed by atoms with Crippen LogP contribution in [0.3, 0.4) is 0 Å². The average molecular weight is 370 g/mol. The van der Waals surface area contributed by atoms with Gasteiger partial charge in [-0.15, -0.1) is 10.2 Å². The molecule has 2 aromatic rings. The molecule has 0 saturated carbocycles. The van der Waals surface area contributed by atoms with E-state index in [1.54, 1.807) is 17.8 Å². The summed E-state index contributed by atoms with van der Waals surface area (Å²) in [7, 11) is -3.51. The van der Waals surface area contributed by atoms with E-state index in [4.69, 9.17) is 0 Å². The van der Waals surface area contributed by atoms with Crippen molar-refractivity contribution >= 4 is 27.4 Å². The van der Waals surface area contributed by atoms with Gasteiger partial charge in [0.05, 0.1) is 23.7 Å². The third-order valence-corrected chi connectivity index (χ3v) is 3.85. The number of rotatable bonds is 6. The molecule has 3 N–H and O–H groups in total. The first-order chi connectivity index (χ1) is 11.7. The first kappa shape index (κ1) is 18.6. The van der Waals surface area contributed by atoms with Crippen molar-refractivity contribution < 1.29 is 17.6 Å². The lowest BCUT2D eigenvalue weighted by Crippen LogP contribution is -2.32. The summed E-state index contributed by atoms with van der Waals surface area (Å²) >= 11 is 0. The van der Waals surface area contributed by atoms with Crippen LogP contribution < -0.4 is 15.4 Å². The standard InChI is InChI=1S/C14H19FN6O3S/c1-4-21-8-16-19-13(21)9(2)17-14(22)18-12-7-10(5-6-11(12)15)20-25(3,23)24/h5-9,20H,4H2,1-3H3,(H2,17,18,22). The molecule has 9 nitrogen and oxygen atoms in total. The highest BCUT2D eigenvalue weighted by molar-refractivity contribution is 7.92. The van der Waals surface area contributed by atoms with Crippen LogP contribution in [-0.2, 0) is 16.6 Å². The minimum atomic E-state index is -3.51. The molecule has 0 spiro atoms. The van der Waals surface area contributed by atoms with Gasteiger partial charge in [0.1, 0.15) is 12.1 Å². The molecule has 0 aliphatic rings. The van der Waals surface area contributed by atoms with Gasteiger partial charge in [-0.1, -0.05) is 0 Å². The highest BCUT2D eigenvalue weighted by Gasteiger charge is 2.16. The number of aryl methyl sites for hydroxylation is 1. The maximum Gasteiger partial charge on any atom is 0.319 e. The second-order valence-electron chi connectivity index (χ2n) is 5.36. The largest absolute Gasteiger partial charge is 0.328 e. The number of benzene rings is 1. The molecule has 0 bridgehead atoms. The Kier molecular flexibility index (Phi) is 5.57. The molecule has 0 fully saturated rings. The Morgan fingerprint density at radius 1 is 1.40 bits per heavy atom. The van der Waals surface area contributed by atoms with Gasteiger partial charge >= 0.3 is 6.03 Å². The van der Waals surface area contributed by atoms with Gasteiger partial charge < -0.3 is 15.2 Å². The summed E-state index contributed by atoms with van der Waals surface area (Å²) < 4.78 is 40.3. The average Bonchev–Trinajstić information content (AvgIpc) is 2.97. The molecular weight excluding hydrogens is 351 g/mol. The van der Waals surface area contributed by atoms with E-state index in [-0.39, 0.29) is 11.4 Å². The second kappa shape index (κ2) is 7.47. The number of sulfonamides is 1. The molecule has 0 aliphatic carbocycles. The number of nitrogens with zero attached hydrogens (tertiary/aromatic N) is 3. The summed E-state index contributed by atoms with van der Waals surface area (Å²) in [5, 5.41) is 12.7. The lowest BCUT2D eigenvalue weighted by Gasteiger charge is -2.15. The van der Waals surface area contributed by atoms with Crippen LogP contribution in [0.25, 0.3) is 0 Å². The third kappa shape index (κ3) is 5.14. The molecule has 1 atom stereocenters. The molecular formula is C14H19FN6O3S. The maximum absolute atomic E-state index is 13.8. The fraction of sp³-hybridized carbons (Fsp3) is 0.357. The Labute approximate surface area is 144 Å². The number of hydrogen-bond donors (Lipinski definition) is 3. The number of anilines is 2. The van der Waals surface area contributed by atoms with E-state index in [1.807, 2.05) is 6.92 Å². The van der Waals surface area contributed by atoms with Gasteiger partial charge in [0.2, 0.25) is 10.0 Å². The first-order valence-electron chi connectivity index (χ1n) is 7.42. The number of hydrogen-bond acceptors (Lipinski definition) is 5. The summed E-state index contributed by atoms with van der Waals surface area (Å²) in [6.07, 6.45) is 2.52. The number of carbonyl (C=O) groups is 1. The van der Waals surface area contributed by atoms with E-state index in [9.17, 15) is 17.6 Å². The fourth-order valence-corrected chi connectivity index (χ4v) is 2.72. The summed E-state index contributed by atoms with van der Waals surface area (Å²) in [4.78, 5) is 12.1. The number of carbonyl (C=O) groups excluding carboxylic acids is 1. The highest BCUT2D eigenvalue weighted by atomic mass is 32.2. The summed E-state index contributed by atoms with van der Waals surface area (Å²) in [6.45, 7) is 4.27. The lowest BCUT2D eigenvalue weighted by molar-refractivity contribution is 0.248. The molecule has 1 unspecified atom stereocenters. The van der Waals surface area contributed by atoms with Gasteiger partial charge in [0.25, 0.3) is 0 Å². The van der Waals surface area contributed by atoms with E-state index >= 15 is 0 Å². The SMILES string of the molecule is CCn1cnnc1C(C)NC(=O)Nc1cc(NS(C)(=O)=O)ccc1F. The molecule has 1 aromatic heterocycles. The van der Waals surface area contributed by atoms with Gasteiger partial charge in [-0.25, -0.2) is 17.6 Å². The number of amides is 2. The number of aromatic nitrogens is 3. The van der Waals surface area contributed by atoms with E-state index in [0.29, 0.717) is 12.4 Å². The van der Waals surface area contributed by atoms with E-state index in [2.05, 4.69) is 25.6 Å². The molecule has 0 saturated heterocycles. The molecule has 136 valence electrons. The fourth-order valence-electron chi connectivity index (χ4n) is 2.16. The van der Waals surface area contributed by atoms with Crippen molar-refractivity contribution in [3.8, 4) is 0 Å². The molecule has 2 amide bonds. The van der Waals surface area contributed by atoms with Crippen LogP contribution in [0.2, 0.25) is 0 Å². The monoisotopic (exact) mass is 370 g/mol. The van der Waals surface area contributed by atoms with Crippen molar-refractivity contribution in [1.29, 1.82) is 0 Å². The van der Waals surface area contributed by atoms with Crippen molar-refractivity contribution in [3.05, 3.63) is 36.2 Å². The van der Waals surface area contributed by atoms with Crippen molar-refractivity contribution in [2.45, 2.75) is 26.4 Å². The van der Waals surface area contributed by atoms with Gasteiger partial charge in [0, 0.05) is 6.54 Å². The van der Waals surface area contributed by atoms with Gasteiger partial charge in [-0.05, 0) is 32.0 Å². The predicted octanol–water partition coefficient (Wildman–Crippen LogP) is 1.69. The lowest BCUT2D eigenvalue weighted by atomic mass is 10.2. The molecule has 0 aliphatic heterocycles. The Hall–Kier alpha value is -2.69. The van der Waals surface area contributed by atoms with E-state index < -0.39 is 27.9 Å². The Bertz CT molecular complexity index is 867. The summed E-state index contributed by atoms with van der Waals surface area (Å²) in [5.74, 6) is -0.135. The molecule has 25 heavy (non-hydrogen) atoms. The Balaban J connectivity index is 2.08. The minimum absolute atomic E-state index is 0.137. The predicted molar refractivity (Wildman–Crippen MR) is 91.1 cm³/mol. The Morgan fingerprint density at radius 3 is 2.76 bits per heavy atom. The minimum Gasteiger partial charge on any atom is -0.328 e. The summed E-state index contributed by atoms with van der Waals surface area (Å²) in [5.41, 5.74) is -0.0201. The Morgan fingerprint density at radius 2 is 2.12 bits per heavy atom. The first-order valence-corrected chi connectivity index (χ1v) is 9.31. The molecule has 11 heteroatoms. The van der Waals surface area contributed by atoms with Crippen molar-refractivity contribution in [3.63, 3.8) is 0 Å². The zero-order valence-electron chi connectivity index (χ0n) is 13.9. The van der Waals surface area contributed by atoms with Gasteiger partial charge in [-0.3, -0.25) is 4.72 Å². The summed E-state index contributed by atoms with van der Waals surface area (Å²) in [6, 6.07) is 2.39. The smallest absolute Gasteiger partial charge is 0.319 e. The topological polar surface area (TPSA) is 118 Å². The molecule has 1 heterocycles. The van der Waals surface area contributed by atoms with Crippen LogP contribution in [0.1, 0.15) is 25.7 Å². The van der Waals surface area contributed by atoms with Crippen molar-refractivity contribution in [1.82, 2.24) is 20.1 Å². The van der Waals surface area contributed by atoms with Crippen molar-refractivity contribution in [2.24, 2.45) is 0 Å².